The van der Waals surface area contributed by atoms with E-state index >= 15 is 0 Å². The van der Waals surface area contributed by atoms with E-state index in [1.165, 1.54) is 28.6 Å². The SMILES string of the molecule is O=C(Cn1c(=O)[nH]c2ccccc2c1=O)Nc1ccc(S(=O)(=O)N2CCCC2)cc1. The number of hydrogen-bond acceptors (Lipinski definition) is 5. The largest absolute Gasteiger partial charge is 0.329 e. The van der Waals surface area contributed by atoms with E-state index in [0.29, 0.717) is 29.7 Å². The third kappa shape index (κ3) is 3.79. The second kappa shape index (κ2) is 7.88. The Bertz CT molecular complexity index is 1320. The molecule has 1 saturated heterocycles. The first-order valence-electron chi connectivity index (χ1n) is 9.48. The standard InChI is InChI=1S/C20H20N4O5S/c25-18(13-24-19(26)16-5-1-2-6-17(16)22-20(24)27)21-14-7-9-15(10-8-14)30(28,29)23-11-3-4-12-23/h1-2,5-10H,3-4,11-13H2,(H,21,25)(H,22,27). The van der Waals surface area contributed by atoms with Crippen molar-refractivity contribution in [1.29, 1.82) is 0 Å². The van der Waals surface area contributed by atoms with E-state index in [2.05, 4.69) is 10.3 Å². The first kappa shape index (κ1) is 20.0. The number of sulfonamides is 1. The van der Waals surface area contributed by atoms with Gasteiger partial charge >= 0.3 is 5.69 Å². The van der Waals surface area contributed by atoms with Gasteiger partial charge in [-0.2, -0.15) is 4.31 Å². The van der Waals surface area contributed by atoms with Crippen LogP contribution >= 0.6 is 0 Å². The van der Waals surface area contributed by atoms with Crippen molar-refractivity contribution in [2.24, 2.45) is 0 Å². The van der Waals surface area contributed by atoms with Crippen molar-refractivity contribution in [2.75, 3.05) is 18.4 Å². The molecular weight excluding hydrogens is 408 g/mol. The number of aromatic nitrogens is 2. The fraction of sp³-hybridized carbons (Fsp3) is 0.250. The van der Waals surface area contributed by atoms with Crippen LogP contribution in [0.4, 0.5) is 5.69 Å². The lowest BCUT2D eigenvalue weighted by Gasteiger charge is -2.15. The molecule has 2 N–H and O–H groups in total. The van der Waals surface area contributed by atoms with Crippen molar-refractivity contribution >= 4 is 32.5 Å². The number of carbonyl (C=O) groups is 1. The molecule has 0 aliphatic carbocycles. The predicted molar refractivity (Wildman–Crippen MR) is 112 cm³/mol. The Kier molecular flexibility index (Phi) is 5.27. The molecule has 9 nitrogen and oxygen atoms in total. The van der Waals surface area contributed by atoms with Crippen LogP contribution in [0.1, 0.15) is 12.8 Å². The van der Waals surface area contributed by atoms with Gasteiger partial charge in [-0.1, -0.05) is 12.1 Å². The molecular formula is C20H20N4O5S. The molecule has 0 unspecified atom stereocenters. The molecule has 4 rings (SSSR count). The number of rotatable bonds is 5. The molecule has 2 heterocycles. The highest BCUT2D eigenvalue weighted by molar-refractivity contribution is 7.89. The highest BCUT2D eigenvalue weighted by atomic mass is 32.2. The lowest BCUT2D eigenvalue weighted by Crippen LogP contribution is -2.38. The van der Waals surface area contributed by atoms with E-state index in [1.54, 1.807) is 24.3 Å². The number of nitrogens with zero attached hydrogens (tertiary/aromatic N) is 2. The summed E-state index contributed by atoms with van der Waals surface area (Å²) in [5, 5.41) is 2.89. The predicted octanol–water partition coefficient (Wildman–Crippen LogP) is 1.11. The summed E-state index contributed by atoms with van der Waals surface area (Å²) in [5.41, 5.74) is -0.470. The molecule has 1 aliphatic rings. The van der Waals surface area contributed by atoms with E-state index < -0.39 is 33.7 Å². The summed E-state index contributed by atoms with van der Waals surface area (Å²) < 4.78 is 27.4. The van der Waals surface area contributed by atoms with Crippen molar-refractivity contribution in [2.45, 2.75) is 24.3 Å². The second-order valence-electron chi connectivity index (χ2n) is 7.05. The molecule has 2 aromatic carbocycles. The Balaban J connectivity index is 1.50. The van der Waals surface area contributed by atoms with Crippen LogP contribution in [0, 0.1) is 0 Å². The lowest BCUT2D eigenvalue weighted by atomic mass is 10.2. The number of hydrogen-bond donors (Lipinski definition) is 2. The summed E-state index contributed by atoms with van der Waals surface area (Å²) in [7, 11) is -3.53. The molecule has 0 atom stereocenters. The smallest absolute Gasteiger partial charge is 0.325 e. The summed E-state index contributed by atoms with van der Waals surface area (Å²) in [6.07, 6.45) is 1.70. The summed E-state index contributed by atoms with van der Waals surface area (Å²) in [4.78, 5) is 39.8. The number of amides is 1. The number of benzene rings is 2. The number of para-hydroxylation sites is 1. The van der Waals surface area contributed by atoms with Crippen LogP contribution in [0.2, 0.25) is 0 Å². The fourth-order valence-corrected chi connectivity index (χ4v) is 4.99. The number of anilines is 1. The van der Waals surface area contributed by atoms with Crippen molar-refractivity contribution in [3.8, 4) is 0 Å². The minimum Gasteiger partial charge on any atom is -0.325 e. The number of carbonyl (C=O) groups excluding carboxylic acids is 1. The maximum absolute atomic E-state index is 12.6. The summed E-state index contributed by atoms with van der Waals surface area (Å²) in [6, 6.07) is 12.4. The zero-order valence-electron chi connectivity index (χ0n) is 16.0. The quantitative estimate of drug-likeness (QED) is 0.631. The van der Waals surface area contributed by atoms with Crippen LogP contribution < -0.4 is 16.6 Å². The Morgan fingerprint density at radius 2 is 1.67 bits per heavy atom. The minimum absolute atomic E-state index is 0.157. The molecule has 1 aromatic heterocycles. The second-order valence-corrected chi connectivity index (χ2v) is 8.99. The summed E-state index contributed by atoms with van der Waals surface area (Å²) >= 11 is 0. The maximum atomic E-state index is 12.6. The van der Waals surface area contributed by atoms with Crippen LogP contribution in [0.25, 0.3) is 10.9 Å². The van der Waals surface area contributed by atoms with Crippen LogP contribution in [0.3, 0.4) is 0 Å². The van der Waals surface area contributed by atoms with E-state index in [1.807, 2.05) is 0 Å². The molecule has 3 aromatic rings. The molecule has 0 bridgehead atoms. The van der Waals surface area contributed by atoms with Gasteiger partial charge in [0.05, 0.1) is 15.8 Å². The van der Waals surface area contributed by atoms with Crippen molar-refractivity contribution < 1.29 is 13.2 Å². The van der Waals surface area contributed by atoms with Gasteiger partial charge in [0.2, 0.25) is 15.9 Å². The average molecular weight is 428 g/mol. The van der Waals surface area contributed by atoms with Crippen LogP contribution in [-0.4, -0.2) is 41.3 Å². The monoisotopic (exact) mass is 428 g/mol. The van der Waals surface area contributed by atoms with Gasteiger partial charge in [-0.05, 0) is 49.2 Å². The van der Waals surface area contributed by atoms with Gasteiger partial charge in [-0.3, -0.25) is 14.2 Å². The Hall–Kier alpha value is -3.24. The molecule has 10 heteroatoms. The highest BCUT2D eigenvalue weighted by Crippen LogP contribution is 2.22. The van der Waals surface area contributed by atoms with Crippen molar-refractivity contribution in [3.05, 3.63) is 69.4 Å². The fourth-order valence-electron chi connectivity index (χ4n) is 3.47. The average Bonchev–Trinajstić information content (AvgIpc) is 3.27. The zero-order valence-corrected chi connectivity index (χ0v) is 16.8. The van der Waals surface area contributed by atoms with Crippen molar-refractivity contribution in [1.82, 2.24) is 13.9 Å². The van der Waals surface area contributed by atoms with E-state index in [0.717, 1.165) is 17.4 Å². The molecule has 0 spiro atoms. The van der Waals surface area contributed by atoms with Gasteiger partial charge in [-0.25, -0.2) is 13.2 Å². The van der Waals surface area contributed by atoms with Gasteiger partial charge in [0.1, 0.15) is 6.54 Å². The van der Waals surface area contributed by atoms with E-state index in [-0.39, 0.29) is 4.90 Å². The molecule has 156 valence electrons. The maximum Gasteiger partial charge on any atom is 0.329 e. The van der Waals surface area contributed by atoms with Crippen LogP contribution in [-0.2, 0) is 21.4 Å². The normalized spacial score (nSPS) is 14.8. The van der Waals surface area contributed by atoms with Crippen LogP contribution in [0.5, 0.6) is 0 Å². The number of aromatic amines is 1. The molecule has 0 saturated carbocycles. The molecule has 0 radical (unpaired) electrons. The zero-order chi connectivity index (χ0) is 21.3. The minimum atomic E-state index is -3.53. The third-order valence-corrected chi connectivity index (χ3v) is 6.94. The van der Waals surface area contributed by atoms with Gasteiger partial charge in [0, 0.05) is 18.8 Å². The van der Waals surface area contributed by atoms with E-state index in [9.17, 15) is 22.8 Å². The summed E-state index contributed by atoms with van der Waals surface area (Å²) in [5.74, 6) is -0.576. The van der Waals surface area contributed by atoms with E-state index in [4.69, 9.17) is 0 Å². The third-order valence-electron chi connectivity index (χ3n) is 5.03. The van der Waals surface area contributed by atoms with Gasteiger partial charge in [-0.15, -0.1) is 0 Å². The van der Waals surface area contributed by atoms with Crippen LogP contribution in [0.15, 0.2) is 63.0 Å². The van der Waals surface area contributed by atoms with Gasteiger partial charge in [0.25, 0.3) is 5.56 Å². The molecule has 1 aliphatic heterocycles. The van der Waals surface area contributed by atoms with Crippen molar-refractivity contribution in [3.63, 3.8) is 0 Å². The number of H-pyrrole nitrogens is 1. The first-order chi connectivity index (χ1) is 14.4. The van der Waals surface area contributed by atoms with Gasteiger partial charge in [0.15, 0.2) is 0 Å². The lowest BCUT2D eigenvalue weighted by molar-refractivity contribution is -0.116. The number of fused-ring (bicyclic) bond motifs is 1. The molecule has 1 fully saturated rings. The Morgan fingerprint density at radius 1 is 1.00 bits per heavy atom. The topological polar surface area (TPSA) is 121 Å². The summed E-state index contributed by atoms with van der Waals surface area (Å²) in [6.45, 7) is 0.554. The van der Waals surface area contributed by atoms with Gasteiger partial charge < -0.3 is 10.3 Å². The molecule has 30 heavy (non-hydrogen) atoms. The Morgan fingerprint density at radius 3 is 2.37 bits per heavy atom. The first-order valence-corrected chi connectivity index (χ1v) is 10.9. The molecule has 1 amide bonds. The number of nitrogens with one attached hydrogen (secondary N) is 2. The Labute approximate surface area is 172 Å². The highest BCUT2D eigenvalue weighted by Gasteiger charge is 2.26.